The molecule has 1 aromatic rings. The van der Waals surface area contributed by atoms with Crippen LogP contribution in [-0.2, 0) is 11.2 Å². The molecule has 3 unspecified atom stereocenters. The standard InChI is InChI=1S/C15H23NO2/c1-15(2,3)14(18-4)13(17)11-8-7-10-6-5-9-16-12(10)11/h5-6,9,11,13-14,17H,7-8H2,1-4H3. The number of fused-ring (bicyclic) bond motifs is 1. The lowest BCUT2D eigenvalue weighted by molar-refractivity contribution is -0.0807. The summed E-state index contributed by atoms with van der Waals surface area (Å²) >= 11 is 0. The Balaban J connectivity index is 2.23. The Morgan fingerprint density at radius 2 is 2.17 bits per heavy atom. The van der Waals surface area contributed by atoms with Crippen LogP contribution in [0.5, 0.6) is 0 Å². The molecule has 18 heavy (non-hydrogen) atoms. The monoisotopic (exact) mass is 249 g/mol. The van der Waals surface area contributed by atoms with Crippen LogP contribution in [0.1, 0.15) is 44.4 Å². The Hall–Kier alpha value is -0.930. The number of aryl methyl sites for hydroxylation is 1. The van der Waals surface area contributed by atoms with Gasteiger partial charge in [0.05, 0.1) is 12.2 Å². The van der Waals surface area contributed by atoms with Crippen molar-refractivity contribution in [3.8, 4) is 0 Å². The molecule has 1 aliphatic rings. The van der Waals surface area contributed by atoms with Crippen molar-refractivity contribution in [2.45, 2.75) is 51.7 Å². The fraction of sp³-hybridized carbons (Fsp3) is 0.667. The fourth-order valence-corrected chi connectivity index (χ4v) is 2.99. The van der Waals surface area contributed by atoms with E-state index < -0.39 is 6.10 Å². The van der Waals surface area contributed by atoms with E-state index in [1.807, 2.05) is 12.3 Å². The van der Waals surface area contributed by atoms with Crippen molar-refractivity contribution in [3.05, 3.63) is 29.6 Å². The maximum absolute atomic E-state index is 10.6. The first kappa shape index (κ1) is 13.5. The minimum Gasteiger partial charge on any atom is -0.390 e. The van der Waals surface area contributed by atoms with Gasteiger partial charge in [-0.1, -0.05) is 26.8 Å². The Morgan fingerprint density at radius 1 is 1.44 bits per heavy atom. The highest BCUT2D eigenvalue weighted by atomic mass is 16.5. The summed E-state index contributed by atoms with van der Waals surface area (Å²) in [7, 11) is 1.67. The normalized spacial score (nSPS) is 22.6. The molecule has 0 saturated carbocycles. The molecule has 100 valence electrons. The van der Waals surface area contributed by atoms with Gasteiger partial charge in [0, 0.05) is 24.9 Å². The number of rotatable bonds is 3. The van der Waals surface area contributed by atoms with Gasteiger partial charge < -0.3 is 9.84 Å². The third-order valence-electron chi connectivity index (χ3n) is 3.83. The van der Waals surface area contributed by atoms with Crippen molar-refractivity contribution >= 4 is 0 Å². The average molecular weight is 249 g/mol. The van der Waals surface area contributed by atoms with E-state index in [2.05, 4.69) is 31.8 Å². The van der Waals surface area contributed by atoms with Crippen LogP contribution in [-0.4, -0.2) is 29.4 Å². The molecule has 1 heterocycles. The number of methoxy groups -OCH3 is 1. The minimum absolute atomic E-state index is 0.0777. The maximum atomic E-state index is 10.6. The number of aliphatic hydroxyl groups excluding tert-OH is 1. The van der Waals surface area contributed by atoms with Gasteiger partial charge in [0.2, 0.25) is 0 Å². The van der Waals surface area contributed by atoms with E-state index in [9.17, 15) is 5.11 Å². The van der Waals surface area contributed by atoms with Crippen LogP contribution >= 0.6 is 0 Å². The zero-order valence-electron chi connectivity index (χ0n) is 11.7. The van der Waals surface area contributed by atoms with E-state index in [1.165, 1.54) is 5.56 Å². The summed E-state index contributed by atoms with van der Waals surface area (Å²) in [5.41, 5.74) is 2.24. The molecule has 2 rings (SSSR count). The topological polar surface area (TPSA) is 42.4 Å². The minimum atomic E-state index is -0.494. The number of hydrogen-bond donors (Lipinski definition) is 1. The van der Waals surface area contributed by atoms with Crippen LogP contribution < -0.4 is 0 Å². The van der Waals surface area contributed by atoms with Gasteiger partial charge in [0.1, 0.15) is 0 Å². The average Bonchev–Trinajstić information content (AvgIpc) is 2.71. The van der Waals surface area contributed by atoms with Crippen molar-refractivity contribution in [1.82, 2.24) is 4.98 Å². The summed E-state index contributed by atoms with van der Waals surface area (Å²) in [6, 6.07) is 4.07. The maximum Gasteiger partial charge on any atom is 0.0890 e. The Morgan fingerprint density at radius 3 is 2.78 bits per heavy atom. The smallest absolute Gasteiger partial charge is 0.0890 e. The van der Waals surface area contributed by atoms with Gasteiger partial charge in [-0.3, -0.25) is 4.98 Å². The van der Waals surface area contributed by atoms with E-state index in [-0.39, 0.29) is 17.4 Å². The Kier molecular flexibility index (Phi) is 3.74. The molecule has 1 N–H and O–H groups in total. The second kappa shape index (κ2) is 4.98. The van der Waals surface area contributed by atoms with E-state index in [1.54, 1.807) is 7.11 Å². The molecule has 3 atom stereocenters. The molecular formula is C15H23NO2. The zero-order valence-corrected chi connectivity index (χ0v) is 11.7. The van der Waals surface area contributed by atoms with E-state index >= 15 is 0 Å². The molecular weight excluding hydrogens is 226 g/mol. The summed E-state index contributed by atoms with van der Waals surface area (Å²) in [4.78, 5) is 4.44. The first-order valence-electron chi connectivity index (χ1n) is 6.60. The van der Waals surface area contributed by atoms with Crippen LogP contribution in [0.3, 0.4) is 0 Å². The lowest BCUT2D eigenvalue weighted by Gasteiger charge is -2.35. The van der Waals surface area contributed by atoms with Crippen LogP contribution in [0.15, 0.2) is 18.3 Å². The van der Waals surface area contributed by atoms with Crippen molar-refractivity contribution in [3.63, 3.8) is 0 Å². The number of nitrogens with zero attached hydrogens (tertiary/aromatic N) is 1. The lowest BCUT2D eigenvalue weighted by Crippen LogP contribution is -2.42. The van der Waals surface area contributed by atoms with Crippen molar-refractivity contribution in [2.24, 2.45) is 5.41 Å². The van der Waals surface area contributed by atoms with Crippen LogP contribution in [0.4, 0.5) is 0 Å². The molecule has 0 saturated heterocycles. The zero-order chi connectivity index (χ0) is 13.3. The summed E-state index contributed by atoms with van der Waals surface area (Å²) in [6.07, 6.45) is 3.11. The molecule has 3 nitrogen and oxygen atoms in total. The molecule has 1 aromatic heterocycles. The van der Waals surface area contributed by atoms with Gasteiger partial charge in [-0.2, -0.15) is 0 Å². The molecule has 0 amide bonds. The number of hydrogen-bond acceptors (Lipinski definition) is 3. The highest BCUT2D eigenvalue weighted by Crippen LogP contribution is 2.38. The second-order valence-corrected chi connectivity index (χ2v) is 6.21. The first-order valence-corrected chi connectivity index (χ1v) is 6.60. The van der Waals surface area contributed by atoms with Gasteiger partial charge in [-0.25, -0.2) is 0 Å². The molecule has 0 aromatic carbocycles. The Labute approximate surface area is 109 Å². The molecule has 3 heteroatoms. The van der Waals surface area contributed by atoms with Crippen LogP contribution in [0.25, 0.3) is 0 Å². The number of pyridine rings is 1. The van der Waals surface area contributed by atoms with Crippen LogP contribution in [0.2, 0.25) is 0 Å². The third kappa shape index (κ3) is 2.43. The van der Waals surface area contributed by atoms with E-state index in [0.29, 0.717) is 0 Å². The van der Waals surface area contributed by atoms with Gasteiger partial charge >= 0.3 is 0 Å². The third-order valence-corrected chi connectivity index (χ3v) is 3.83. The summed E-state index contributed by atoms with van der Waals surface area (Å²) in [5, 5.41) is 10.6. The number of aliphatic hydroxyl groups is 1. The van der Waals surface area contributed by atoms with Gasteiger partial charge in [0.25, 0.3) is 0 Å². The molecule has 0 fully saturated rings. The molecule has 0 radical (unpaired) electrons. The molecule has 0 spiro atoms. The summed E-state index contributed by atoms with van der Waals surface area (Å²) in [5.74, 6) is 0.102. The van der Waals surface area contributed by atoms with Crippen LogP contribution in [0, 0.1) is 5.41 Å². The van der Waals surface area contributed by atoms with Gasteiger partial charge in [-0.15, -0.1) is 0 Å². The predicted molar refractivity (Wildman–Crippen MR) is 71.6 cm³/mol. The fourth-order valence-electron chi connectivity index (χ4n) is 2.99. The Bertz CT molecular complexity index is 411. The SMILES string of the molecule is COC(C(O)C1CCc2cccnc21)C(C)(C)C. The first-order chi connectivity index (χ1) is 8.45. The number of ether oxygens (including phenoxy) is 1. The molecule has 0 bridgehead atoms. The van der Waals surface area contributed by atoms with Crippen molar-refractivity contribution in [2.75, 3.05) is 7.11 Å². The molecule has 0 aliphatic heterocycles. The lowest BCUT2D eigenvalue weighted by atomic mass is 9.80. The number of aromatic nitrogens is 1. The van der Waals surface area contributed by atoms with Crippen molar-refractivity contribution < 1.29 is 9.84 Å². The predicted octanol–water partition coefficient (Wildman–Crippen LogP) is 2.53. The largest absolute Gasteiger partial charge is 0.390 e. The van der Waals surface area contributed by atoms with Gasteiger partial charge in [0.15, 0.2) is 0 Å². The quantitative estimate of drug-likeness (QED) is 0.895. The highest BCUT2D eigenvalue weighted by molar-refractivity contribution is 5.29. The molecule has 1 aliphatic carbocycles. The summed E-state index contributed by atoms with van der Waals surface area (Å²) < 4.78 is 5.53. The van der Waals surface area contributed by atoms with E-state index in [0.717, 1.165) is 18.5 Å². The van der Waals surface area contributed by atoms with Crippen molar-refractivity contribution in [1.29, 1.82) is 0 Å². The second-order valence-electron chi connectivity index (χ2n) is 6.21. The highest BCUT2D eigenvalue weighted by Gasteiger charge is 2.39. The van der Waals surface area contributed by atoms with E-state index in [4.69, 9.17) is 4.74 Å². The summed E-state index contributed by atoms with van der Waals surface area (Å²) in [6.45, 7) is 6.29. The van der Waals surface area contributed by atoms with Gasteiger partial charge in [-0.05, 0) is 29.9 Å².